The number of hydrogen-bond acceptors (Lipinski definition) is 2. The van der Waals surface area contributed by atoms with Crippen LogP contribution in [0.25, 0.3) is 0 Å². The standard InChI is InChI=1S/C18H22N2O/c1-14-9-11-16(12-10-14)18(21)19-13-17(20(2)3)15-7-5-4-6-8-15/h4-12,17H,13H2,1-3H3,(H,19,21)/t17-/m0/s1. The smallest absolute Gasteiger partial charge is 0.251 e. The Bertz CT molecular complexity index is 576. The first-order valence-electron chi connectivity index (χ1n) is 7.14. The molecule has 110 valence electrons. The predicted molar refractivity (Wildman–Crippen MR) is 86.4 cm³/mol. The van der Waals surface area contributed by atoms with E-state index in [2.05, 4.69) is 22.3 Å². The number of nitrogens with one attached hydrogen (secondary N) is 1. The molecule has 0 aliphatic rings. The van der Waals surface area contributed by atoms with Crippen molar-refractivity contribution in [3.05, 3.63) is 71.3 Å². The maximum atomic E-state index is 12.2. The first-order chi connectivity index (χ1) is 10.1. The Labute approximate surface area is 126 Å². The molecule has 0 spiro atoms. The summed E-state index contributed by atoms with van der Waals surface area (Å²) in [7, 11) is 4.05. The summed E-state index contributed by atoms with van der Waals surface area (Å²) in [5, 5.41) is 3.02. The van der Waals surface area contributed by atoms with Crippen molar-refractivity contribution in [2.45, 2.75) is 13.0 Å². The van der Waals surface area contributed by atoms with Crippen LogP contribution in [0.4, 0.5) is 0 Å². The summed E-state index contributed by atoms with van der Waals surface area (Å²) in [6.07, 6.45) is 0. The van der Waals surface area contributed by atoms with Gasteiger partial charge in [0.25, 0.3) is 5.91 Å². The van der Waals surface area contributed by atoms with E-state index in [1.807, 2.05) is 63.5 Å². The summed E-state index contributed by atoms with van der Waals surface area (Å²) >= 11 is 0. The van der Waals surface area contributed by atoms with Gasteiger partial charge in [-0.15, -0.1) is 0 Å². The highest BCUT2D eigenvalue weighted by Crippen LogP contribution is 2.16. The lowest BCUT2D eigenvalue weighted by atomic mass is 10.1. The Morgan fingerprint density at radius 2 is 1.67 bits per heavy atom. The van der Waals surface area contributed by atoms with Crippen molar-refractivity contribution < 1.29 is 4.79 Å². The van der Waals surface area contributed by atoms with E-state index in [1.165, 1.54) is 5.56 Å². The van der Waals surface area contributed by atoms with Crippen LogP contribution in [0.2, 0.25) is 0 Å². The fourth-order valence-corrected chi connectivity index (χ4v) is 2.27. The Hall–Kier alpha value is -2.13. The first-order valence-corrected chi connectivity index (χ1v) is 7.14. The van der Waals surface area contributed by atoms with Gasteiger partial charge in [0.1, 0.15) is 0 Å². The van der Waals surface area contributed by atoms with E-state index < -0.39 is 0 Å². The van der Waals surface area contributed by atoms with Crippen LogP contribution in [-0.4, -0.2) is 31.4 Å². The second-order valence-electron chi connectivity index (χ2n) is 5.47. The molecule has 3 heteroatoms. The zero-order valence-electron chi connectivity index (χ0n) is 12.8. The topological polar surface area (TPSA) is 32.3 Å². The highest BCUT2D eigenvalue weighted by atomic mass is 16.1. The van der Waals surface area contributed by atoms with Gasteiger partial charge in [0.05, 0.1) is 6.04 Å². The molecule has 0 bridgehead atoms. The van der Waals surface area contributed by atoms with E-state index in [4.69, 9.17) is 0 Å². The summed E-state index contributed by atoms with van der Waals surface area (Å²) in [6, 6.07) is 18.0. The van der Waals surface area contributed by atoms with Crippen LogP contribution in [0.3, 0.4) is 0 Å². The molecule has 0 radical (unpaired) electrons. The second-order valence-corrected chi connectivity index (χ2v) is 5.47. The van der Waals surface area contributed by atoms with Crippen LogP contribution in [-0.2, 0) is 0 Å². The molecule has 0 fully saturated rings. The minimum Gasteiger partial charge on any atom is -0.350 e. The molecule has 0 aliphatic carbocycles. The fourth-order valence-electron chi connectivity index (χ4n) is 2.27. The van der Waals surface area contributed by atoms with Gasteiger partial charge in [-0.3, -0.25) is 4.79 Å². The zero-order chi connectivity index (χ0) is 15.2. The normalized spacial score (nSPS) is 12.2. The molecular formula is C18H22N2O. The third-order valence-corrected chi connectivity index (χ3v) is 3.58. The molecule has 2 rings (SSSR count). The number of rotatable bonds is 5. The molecule has 1 N–H and O–H groups in total. The van der Waals surface area contributed by atoms with Crippen molar-refractivity contribution in [1.29, 1.82) is 0 Å². The second kappa shape index (κ2) is 7.04. The Balaban J connectivity index is 2.02. The minimum atomic E-state index is -0.0298. The van der Waals surface area contributed by atoms with Crippen LogP contribution < -0.4 is 5.32 Å². The number of benzene rings is 2. The van der Waals surface area contributed by atoms with Gasteiger partial charge in [0.15, 0.2) is 0 Å². The minimum absolute atomic E-state index is 0.0298. The lowest BCUT2D eigenvalue weighted by Gasteiger charge is -2.25. The number of hydrogen-bond donors (Lipinski definition) is 1. The van der Waals surface area contributed by atoms with Crippen molar-refractivity contribution in [2.75, 3.05) is 20.6 Å². The van der Waals surface area contributed by atoms with Gasteiger partial charge in [-0.1, -0.05) is 48.0 Å². The maximum absolute atomic E-state index is 12.2. The Morgan fingerprint density at radius 3 is 2.24 bits per heavy atom. The number of carbonyl (C=O) groups is 1. The molecule has 1 amide bonds. The molecule has 0 aromatic heterocycles. The molecule has 0 heterocycles. The number of carbonyl (C=O) groups excluding carboxylic acids is 1. The molecule has 2 aromatic carbocycles. The fraction of sp³-hybridized carbons (Fsp3) is 0.278. The highest BCUT2D eigenvalue weighted by Gasteiger charge is 2.15. The predicted octanol–water partition coefficient (Wildman–Crippen LogP) is 3.03. The molecular weight excluding hydrogens is 260 g/mol. The van der Waals surface area contributed by atoms with Crippen LogP contribution in [0.15, 0.2) is 54.6 Å². The van der Waals surface area contributed by atoms with E-state index in [-0.39, 0.29) is 11.9 Å². The van der Waals surface area contributed by atoms with Gasteiger partial charge in [-0.2, -0.15) is 0 Å². The quantitative estimate of drug-likeness (QED) is 0.914. The molecule has 0 saturated carbocycles. The summed E-state index contributed by atoms with van der Waals surface area (Å²) in [4.78, 5) is 14.3. The van der Waals surface area contributed by atoms with Gasteiger partial charge >= 0.3 is 0 Å². The molecule has 0 saturated heterocycles. The van der Waals surface area contributed by atoms with E-state index in [1.54, 1.807) is 0 Å². The van der Waals surface area contributed by atoms with E-state index in [0.717, 1.165) is 5.56 Å². The average molecular weight is 282 g/mol. The van der Waals surface area contributed by atoms with Crippen molar-refractivity contribution >= 4 is 5.91 Å². The monoisotopic (exact) mass is 282 g/mol. The number of nitrogens with zero attached hydrogens (tertiary/aromatic N) is 1. The first kappa shape index (κ1) is 15.3. The number of aryl methyl sites for hydroxylation is 1. The average Bonchev–Trinajstić information content (AvgIpc) is 2.48. The molecule has 2 aromatic rings. The summed E-state index contributed by atoms with van der Waals surface area (Å²) < 4.78 is 0. The van der Waals surface area contributed by atoms with Gasteiger partial charge in [0.2, 0.25) is 0 Å². The highest BCUT2D eigenvalue weighted by molar-refractivity contribution is 5.94. The lowest BCUT2D eigenvalue weighted by Crippen LogP contribution is -2.34. The number of likely N-dealkylation sites (N-methyl/N-ethyl adjacent to an activating group) is 1. The van der Waals surface area contributed by atoms with Crippen molar-refractivity contribution in [1.82, 2.24) is 10.2 Å². The zero-order valence-corrected chi connectivity index (χ0v) is 12.8. The van der Waals surface area contributed by atoms with Crippen LogP contribution in [0, 0.1) is 6.92 Å². The lowest BCUT2D eigenvalue weighted by molar-refractivity contribution is 0.0942. The maximum Gasteiger partial charge on any atom is 0.251 e. The van der Waals surface area contributed by atoms with Gasteiger partial charge in [0, 0.05) is 12.1 Å². The van der Waals surface area contributed by atoms with Gasteiger partial charge < -0.3 is 10.2 Å². The molecule has 21 heavy (non-hydrogen) atoms. The van der Waals surface area contributed by atoms with Crippen LogP contribution in [0.5, 0.6) is 0 Å². The van der Waals surface area contributed by atoms with Gasteiger partial charge in [-0.05, 0) is 38.7 Å². The Morgan fingerprint density at radius 1 is 1.05 bits per heavy atom. The summed E-state index contributed by atoms with van der Waals surface area (Å²) in [6.45, 7) is 2.60. The van der Waals surface area contributed by atoms with Crippen molar-refractivity contribution in [3.8, 4) is 0 Å². The largest absolute Gasteiger partial charge is 0.350 e. The SMILES string of the molecule is Cc1ccc(C(=O)NC[C@@H](c2ccccc2)N(C)C)cc1. The third-order valence-electron chi connectivity index (χ3n) is 3.58. The molecule has 0 aliphatic heterocycles. The van der Waals surface area contributed by atoms with Crippen LogP contribution in [0.1, 0.15) is 27.5 Å². The Kier molecular flexibility index (Phi) is 5.12. The summed E-state index contributed by atoms with van der Waals surface area (Å²) in [5.41, 5.74) is 3.06. The summed E-state index contributed by atoms with van der Waals surface area (Å²) in [5.74, 6) is -0.0298. The number of amides is 1. The van der Waals surface area contributed by atoms with Crippen molar-refractivity contribution in [3.63, 3.8) is 0 Å². The van der Waals surface area contributed by atoms with Crippen LogP contribution >= 0.6 is 0 Å². The molecule has 1 atom stereocenters. The van der Waals surface area contributed by atoms with E-state index in [9.17, 15) is 4.79 Å². The third kappa shape index (κ3) is 4.17. The molecule has 0 unspecified atom stereocenters. The van der Waals surface area contributed by atoms with E-state index in [0.29, 0.717) is 12.1 Å². The van der Waals surface area contributed by atoms with E-state index >= 15 is 0 Å². The molecule has 3 nitrogen and oxygen atoms in total. The van der Waals surface area contributed by atoms with Gasteiger partial charge in [-0.25, -0.2) is 0 Å². The van der Waals surface area contributed by atoms with Crippen molar-refractivity contribution in [2.24, 2.45) is 0 Å².